The van der Waals surface area contributed by atoms with Gasteiger partial charge in [-0.25, -0.2) is 4.98 Å². The van der Waals surface area contributed by atoms with E-state index < -0.39 is 0 Å². The monoisotopic (exact) mass is 401 g/mol. The Morgan fingerprint density at radius 1 is 1.19 bits per heavy atom. The van der Waals surface area contributed by atoms with Crippen LogP contribution in [0, 0.1) is 0 Å². The molecular formula is C20H20ClN3O2S. The number of hydrogen-bond acceptors (Lipinski definition) is 6. The first-order valence-corrected chi connectivity index (χ1v) is 10.1. The second-order valence-corrected chi connectivity index (χ2v) is 8.06. The Labute approximate surface area is 167 Å². The maximum atomic E-state index is 11.1. The minimum atomic E-state index is -0.294. The number of aromatic nitrogens is 1. The molecule has 1 fully saturated rings. The van der Waals surface area contributed by atoms with Gasteiger partial charge in [-0.15, -0.1) is 0 Å². The van der Waals surface area contributed by atoms with Crippen LogP contribution in [0.15, 0.2) is 42.5 Å². The molecule has 1 aliphatic heterocycles. The van der Waals surface area contributed by atoms with Crippen LogP contribution in [0.1, 0.15) is 12.5 Å². The predicted octanol–water partition coefficient (Wildman–Crippen LogP) is 4.20. The maximum Gasteiger partial charge on any atom is 0.308 e. The number of carbonyl (C=O) groups excluding carboxylic acids is 1. The number of fused-ring (bicyclic) bond motifs is 1. The molecule has 2 heterocycles. The average molecular weight is 402 g/mol. The van der Waals surface area contributed by atoms with Crippen LogP contribution in [0.4, 0.5) is 5.13 Å². The molecule has 0 spiro atoms. The lowest BCUT2D eigenvalue weighted by molar-refractivity contribution is -0.131. The molecule has 1 aromatic heterocycles. The van der Waals surface area contributed by atoms with Gasteiger partial charge >= 0.3 is 5.97 Å². The van der Waals surface area contributed by atoms with Crippen molar-refractivity contribution >= 4 is 44.3 Å². The molecule has 0 atom stereocenters. The third-order valence-electron chi connectivity index (χ3n) is 4.55. The fourth-order valence-corrected chi connectivity index (χ4v) is 4.54. The Hall–Kier alpha value is -2.15. The number of ether oxygens (including phenoxy) is 1. The topological polar surface area (TPSA) is 45.7 Å². The smallest absolute Gasteiger partial charge is 0.308 e. The van der Waals surface area contributed by atoms with Crippen molar-refractivity contribution in [3.8, 4) is 5.75 Å². The molecule has 0 saturated carbocycles. The minimum absolute atomic E-state index is 0.294. The van der Waals surface area contributed by atoms with Gasteiger partial charge in [-0.1, -0.05) is 35.1 Å². The number of halogens is 1. The van der Waals surface area contributed by atoms with Gasteiger partial charge in [-0.2, -0.15) is 0 Å². The standard InChI is InChI=1S/C20H20ClN3O2S/c1-14(25)26-17-4-2-3-15(11-17)13-23-7-9-24(10-8-23)20-22-18-6-5-16(21)12-19(18)27-20/h2-6,11-12H,7-10,13H2,1H3. The van der Waals surface area contributed by atoms with Gasteiger partial charge in [0, 0.05) is 44.7 Å². The first-order chi connectivity index (χ1) is 13.1. The number of anilines is 1. The fraction of sp³-hybridized carbons (Fsp3) is 0.300. The van der Waals surface area contributed by atoms with Crippen molar-refractivity contribution in [1.82, 2.24) is 9.88 Å². The van der Waals surface area contributed by atoms with Crippen molar-refractivity contribution in [3.63, 3.8) is 0 Å². The molecule has 1 saturated heterocycles. The molecule has 0 unspecified atom stereocenters. The molecule has 4 rings (SSSR count). The first-order valence-electron chi connectivity index (χ1n) is 8.87. The van der Waals surface area contributed by atoms with E-state index in [0.29, 0.717) is 5.75 Å². The van der Waals surface area contributed by atoms with E-state index in [-0.39, 0.29) is 5.97 Å². The van der Waals surface area contributed by atoms with Gasteiger partial charge in [0.1, 0.15) is 5.75 Å². The summed E-state index contributed by atoms with van der Waals surface area (Å²) < 4.78 is 6.30. The zero-order valence-corrected chi connectivity index (χ0v) is 16.6. The number of benzene rings is 2. The quantitative estimate of drug-likeness (QED) is 0.484. The third-order valence-corrected chi connectivity index (χ3v) is 5.86. The summed E-state index contributed by atoms with van der Waals surface area (Å²) in [5.74, 6) is 0.310. The summed E-state index contributed by atoms with van der Waals surface area (Å²) in [5, 5.41) is 1.81. The van der Waals surface area contributed by atoms with Gasteiger partial charge in [-0.3, -0.25) is 9.69 Å². The fourth-order valence-electron chi connectivity index (χ4n) is 3.25. The van der Waals surface area contributed by atoms with E-state index in [9.17, 15) is 4.79 Å². The lowest BCUT2D eigenvalue weighted by Crippen LogP contribution is -2.45. The van der Waals surface area contributed by atoms with Crippen LogP contribution >= 0.6 is 22.9 Å². The molecule has 140 valence electrons. The Kier molecular flexibility index (Phi) is 5.29. The van der Waals surface area contributed by atoms with E-state index in [0.717, 1.165) is 58.7 Å². The van der Waals surface area contributed by atoms with Gasteiger partial charge in [0.05, 0.1) is 10.2 Å². The highest BCUT2D eigenvalue weighted by molar-refractivity contribution is 7.22. The van der Waals surface area contributed by atoms with Crippen molar-refractivity contribution in [1.29, 1.82) is 0 Å². The van der Waals surface area contributed by atoms with E-state index in [2.05, 4.69) is 15.9 Å². The van der Waals surface area contributed by atoms with Crippen LogP contribution in [0.3, 0.4) is 0 Å². The van der Waals surface area contributed by atoms with Crippen LogP contribution in [0.5, 0.6) is 5.75 Å². The highest BCUT2D eigenvalue weighted by Crippen LogP contribution is 2.31. The van der Waals surface area contributed by atoms with E-state index in [1.54, 1.807) is 11.3 Å². The van der Waals surface area contributed by atoms with Gasteiger partial charge in [0.15, 0.2) is 5.13 Å². The summed E-state index contributed by atoms with van der Waals surface area (Å²) >= 11 is 7.77. The van der Waals surface area contributed by atoms with Gasteiger partial charge in [0.2, 0.25) is 0 Å². The van der Waals surface area contributed by atoms with Gasteiger partial charge < -0.3 is 9.64 Å². The lowest BCUT2D eigenvalue weighted by atomic mass is 10.2. The van der Waals surface area contributed by atoms with Crippen molar-refractivity contribution in [2.45, 2.75) is 13.5 Å². The zero-order valence-electron chi connectivity index (χ0n) is 15.0. The average Bonchev–Trinajstić information content (AvgIpc) is 3.05. The number of carbonyl (C=O) groups is 1. The molecule has 27 heavy (non-hydrogen) atoms. The molecular weight excluding hydrogens is 382 g/mol. The Morgan fingerprint density at radius 2 is 2.00 bits per heavy atom. The summed E-state index contributed by atoms with van der Waals surface area (Å²) in [7, 11) is 0. The summed E-state index contributed by atoms with van der Waals surface area (Å²) in [5.41, 5.74) is 2.15. The van der Waals surface area contributed by atoms with Crippen LogP contribution in [-0.4, -0.2) is 42.0 Å². The van der Waals surface area contributed by atoms with Crippen LogP contribution in [0.25, 0.3) is 10.2 Å². The van der Waals surface area contributed by atoms with Crippen molar-refractivity contribution in [2.24, 2.45) is 0 Å². The molecule has 7 heteroatoms. The largest absolute Gasteiger partial charge is 0.427 e. The number of rotatable bonds is 4. The Morgan fingerprint density at radius 3 is 2.78 bits per heavy atom. The van der Waals surface area contributed by atoms with E-state index in [4.69, 9.17) is 21.3 Å². The zero-order chi connectivity index (χ0) is 18.8. The van der Waals surface area contributed by atoms with Crippen LogP contribution in [0.2, 0.25) is 5.02 Å². The normalized spacial score (nSPS) is 15.3. The highest BCUT2D eigenvalue weighted by atomic mass is 35.5. The molecule has 0 amide bonds. The van der Waals surface area contributed by atoms with Crippen LogP contribution in [-0.2, 0) is 11.3 Å². The van der Waals surface area contributed by atoms with E-state index >= 15 is 0 Å². The molecule has 0 N–H and O–H groups in total. The summed E-state index contributed by atoms with van der Waals surface area (Å²) in [6.45, 7) is 6.08. The van der Waals surface area contributed by atoms with E-state index in [1.807, 2.05) is 36.4 Å². The number of nitrogens with zero attached hydrogens (tertiary/aromatic N) is 3. The maximum absolute atomic E-state index is 11.1. The molecule has 0 aliphatic carbocycles. The predicted molar refractivity (Wildman–Crippen MR) is 110 cm³/mol. The van der Waals surface area contributed by atoms with Crippen molar-refractivity contribution < 1.29 is 9.53 Å². The molecule has 0 bridgehead atoms. The van der Waals surface area contributed by atoms with Gasteiger partial charge in [0.25, 0.3) is 0 Å². The minimum Gasteiger partial charge on any atom is -0.427 e. The van der Waals surface area contributed by atoms with Crippen molar-refractivity contribution in [2.75, 3.05) is 31.1 Å². The summed E-state index contributed by atoms with van der Waals surface area (Å²) in [6.07, 6.45) is 0. The molecule has 0 radical (unpaired) electrons. The number of hydrogen-bond donors (Lipinski definition) is 0. The third kappa shape index (κ3) is 4.40. The molecule has 1 aliphatic rings. The molecule has 5 nitrogen and oxygen atoms in total. The first kappa shape index (κ1) is 18.2. The summed E-state index contributed by atoms with van der Waals surface area (Å²) in [6, 6.07) is 13.6. The Balaban J connectivity index is 1.37. The van der Waals surface area contributed by atoms with Crippen LogP contribution < -0.4 is 9.64 Å². The molecule has 3 aromatic rings. The number of esters is 1. The van der Waals surface area contributed by atoms with Gasteiger partial charge in [-0.05, 0) is 35.9 Å². The second-order valence-electron chi connectivity index (χ2n) is 6.61. The van der Waals surface area contributed by atoms with Crippen molar-refractivity contribution in [3.05, 3.63) is 53.1 Å². The second kappa shape index (κ2) is 7.84. The highest BCUT2D eigenvalue weighted by Gasteiger charge is 2.20. The SMILES string of the molecule is CC(=O)Oc1cccc(CN2CCN(c3nc4ccc(Cl)cc4s3)CC2)c1. The number of thiazole rings is 1. The van der Waals surface area contributed by atoms with E-state index in [1.165, 1.54) is 6.92 Å². The molecule has 2 aromatic carbocycles. The number of piperazine rings is 1. The Bertz CT molecular complexity index is 967. The summed E-state index contributed by atoms with van der Waals surface area (Å²) in [4.78, 5) is 20.6. The lowest BCUT2D eigenvalue weighted by Gasteiger charge is -2.34.